The maximum absolute atomic E-state index is 15.6. The van der Waals surface area contributed by atoms with Crippen LogP contribution in [0.15, 0.2) is 30.6 Å². The van der Waals surface area contributed by atoms with Crippen molar-refractivity contribution in [1.29, 1.82) is 0 Å². The van der Waals surface area contributed by atoms with Gasteiger partial charge in [-0.15, -0.1) is 0 Å². The summed E-state index contributed by atoms with van der Waals surface area (Å²) in [6.07, 6.45) is -0.855. The number of halogens is 4. The maximum atomic E-state index is 15.6. The number of carbonyl (C=O) groups is 1. The van der Waals surface area contributed by atoms with Gasteiger partial charge in [0.05, 0.1) is 5.56 Å². The number of benzene rings is 1. The number of alkyl halides is 3. The second-order valence-corrected chi connectivity index (χ2v) is 11.1. The van der Waals surface area contributed by atoms with E-state index in [9.17, 15) is 18.0 Å². The first-order valence-corrected chi connectivity index (χ1v) is 12.7. The van der Waals surface area contributed by atoms with E-state index < -0.39 is 28.7 Å². The summed E-state index contributed by atoms with van der Waals surface area (Å²) in [5.41, 5.74) is 5.18. The molecular formula is C26H34F4N6O2. The lowest BCUT2D eigenvalue weighted by atomic mass is 9.88. The van der Waals surface area contributed by atoms with E-state index in [4.69, 9.17) is 10.5 Å². The maximum Gasteiger partial charge on any atom is 0.416 e. The average molecular weight is 539 g/mol. The van der Waals surface area contributed by atoms with Crippen molar-refractivity contribution in [1.82, 2.24) is 14.9 Å². The van der Waals surface area contributed by atoms with Gasteiger partial charge < -0.3 is 25.6 Å². The van der Waals surface area contributed by atoms with E-state index in [1.165, 1.54) is 18.5 Å². The van der Waals surface area contributed by atoms with Crippen LogP contribution in [0.4, 0.5) is 34.0 Å². The molecular weight excluding hydrogens is 504 g/mol. The van der Waals surface area contributed by atoms with Crippen LogP contribution in [0, 0.1) is 5.82 Å². The smallest absolute Gasteiger partial charge is 0.416 e. The fraction of sp³-hybridized carbons (Fsp3) is 0.577. The van der Waals surface area contributed by atoms with Gasteiger partial charge in [-0.1, -0.05) is 12.1 Å². The summed E-state index contributed by atoms with van der Waals surface area (Å²) in [7, 11) is 0. The Morgan fingerprint density at radius 2 is 1.79 bits per heavy atom. The highest BCUT2D eigenvalue weighted by Crippen LogP contribution is 2.35. The van der Waals surface area contributed by atoms with Crippen LogP contribution in [0.3, 0.4) is 0 Å². The molecule has 1 amide bonds. The van der Waals surface area contributed by atoms with Crippen molar-refractivity contribution in [2.24, 2.45) is 5.73 Å². The van der Waals surface area contributed by atoms with Gasteiger partial charge in [-0.25, -0.2) is 14.8 Å². The van der Waals surface area contributed by atoms with E-state index >= 15 is 4.39 Å². The molecule has 2 aromatic rings. The van der Waals surface area contributed by atoms with E-state index in [0.717, 1.165) is 25.0 Å². The minimum Gasteiger partial charge on any atom is -0.444 e. The van der Waals surface area contributed by atoms with Crippen LogP contribution < -0.4 is 16.0 Å². The second kappa shape index (κ2) is 10.5. The first-order valence-electron chi connectivity index (χ1n) is 12.7. The highest BCUT2D eigenvalue weighted by molar-refractivity contribution is 5.68. The van der Waals surface area contributed by atoms with Gasteiger partial charge in [0, 0.05) is 37.8 Å². The Morgan fingerprint density at radius 1 is 1.16 bits per heavy atom. The van der Waals surface area contributed by atoms with Crippen LogP contribution in [0.25, 0.3) is 0 Å². The molecule has 208 valence electrons. The van der Waals surface area contributed by atoms with Crippen molar-refractivity contribution in [2.75, 3.05) is 29.9 Å². The van der Waals surface area contributed by atoms with Gasteiger partial charge in [0.2, 0.25) is 5.82 Å². The summed E-state index contributed by atoms with van der Waals surface area (Å²) in [5.74, 6) is -0.538. The Labute approximate surface area is 219 Å². The zero-order valence-corrected chi connectivity index (χ0v) is 21.8. The molecule has 2 aliphatic rings. The Balaban J connectivity index is 1.40. The molecule has 1 aliphatic heterocycles. The van der Waals surface area contributed by atoms with Crippen LogP contribution >= 0.6 is 0 Å². The molecule has 1 aromatic heterocycles. The lowest BCUT2D eigenvalue weighted by Gasteiger charge is -2.39. The molecule has 0 bridgehead atoms. The summed E-state index contributed by atoms with van der Waals surface area (Å²) < 4.78 is 59.7. The molecule has 12 heteroatoms. The van der Waals surface area contributed by atoms with Gasteiger partial charge in [-0.05, 0) is 64.2 Å². The number of nitrogens with zero attached hydrogens (tertiary/aromatic N) is 4. The van der Waals surface area contributed by atoms with Crippen molar-refractivity contribution >= 4 is 17.7 Å². The minimum absolute atomic E-state index is 0.00691. The summed E-state index contributed by atoms with van der Waals surface area (Å²) in [4.78, 5) is 23.9. The van der Waals surface area contributed by atoms with Gasteiger partial charge in [0.25, 0.3) is 0 Å². The quantitative estimate of drug-likeness (QED) is 0.482. The van der Waals surface area contributed by atoms with Crippen LogP contribution in [0.5, 0.6) is 0 Å². The number of anilines is 2. The summed E-state index contributed by atoms with van der Waals surface area (Å²) in [5, 5.41) is 3.01. The first-order chi connectivity index (χ1) is 17.7. The predicted octanol–water partition coefficient (Wildman–Crippen LogP) is 4.94. The molecule has 2 heterocycles. The molecule has 0 atom stereocenters. The standard InChI is InChI=1S/C26H34F4N6O2/c1-24(2,3)38-23(37)35-12-10-25(31,11-13-35)15-32-21-20(27)22(34-16-33-21)36(19-8-9-19)14-17-4-6-18(7-5-17)26(28,29)30/h4-7,16,19H,8-15,31H2,1-3H3,(H,32,33,34). The summed E-state index contributed by atoms with van der Waals surface area (Å²) in [6, 6.07) is 4.90. The highest BCUT2D eigenvalue weighted by atomic mass is 19.4. The number of rotatable bonds is 7. The zero-order valence-electron chi connectivity index (χ0n) is 21.8. The van der Waals surface area contributed by atoms with Gasteiger partial charge in [0.1, 0.15) is 11.9 Å². The van der Waals surface area contributed by atoms with Gasteiger partial charge in [-0.2, -0.15) is 17.6 Å². The molecule has 8 nitrogen and oxygen atoms in total. The van der Waals surface area contributed by atoms with Crippen molar-refractivity contribution in [3.63, 3.8) is 0 Å². The van der Waals surface area contributed by atoms with Crippen LogP contribution in [-0.4, -0.2) is 57.8 Å². The molecule has 1 saturated heterocycles. The number of piperidine rings is 1. The number of amides is 1. The molecule has 1 aliphatic carbocycles. The highest BCUT2D eigenvalue weighted by Gasteiger charge is 2.36. The van der Waals surface area contributed by atoms with Gasteiger partial charge in [-0.3, -0.25) is 0 Å². The Morgan fingerprint density at radius 3 is 2.34 bits per heavy atom. The minimum atomic E-state index is -4.42. The fourth-order valence-corrected chi connectivity index (χ4v) is 4.34. The number of hydrogen-bond acceptors (Lipinski definition) is 7. The molecule has 0 spiro atoms. The normalized spacial score (nSPS) is 17.7. The SMILES string of the molecule is CC(C)(C)OC(=O)N1CCC(N)(CNc2ncnc(N(Cc3ccc(C(F)(F)F)cc3)C3CC3)c2F)CC1. The zero-order chi connectivity index (χ0) is 27.7. The van der Waals surface area contributed by atoms with E-state index in [0.29, 0.717) is 31.5 Å². The fourth-order valence-electron chi connectivity index (χ4n) is 4.34. The number of hydrogen-bond donors (Lipinski definition) is 2. The van der Waals surface area contributed by atoms with E-state index in [1.54, 1.807) is 9.80 Å². The second-order valence-electron chi connectivity index (χ2n) is 11.1. The van der Waals surface area contributed by atoms with E-state index in [1.807, 2.05) is 20.8 Å². The topological polar surface area (TPSA) is 96.6 Å². The molecule has 4 rings (SSSR count). The Kier molecular flexibility index (Phi) is 7.74. The number of ether oxygens (including phenoxy) is 1. The molecule has 1 saturated carbocycles. The number of likely N-dealkylation sites (tertiary alicyclic amines) is 1. The third kappa shape index (κ3) is 7.03. The Bertz CT molecular complexity index is 1120. The summed E-state index contributed by atoms with van der Waals surface area (Å²) in [6.45, 7) is 6.74. The van der Waals surface area contributed by atoms with Crippen LogP contribution in [0.2, 0.25) is 0 Å². The number of carbonyl (C=O) groups excluding carboxylic acids is 1. The molecule has 38 heavy (non-hydrogen) atoms. The average Bonchev–Trinajstić information content (AvgIpc) is 3.67. The van der Waals surface area contributed by atoms with Crippen molar-refractivity contribution in [3.8, 4) is 0 Å². The monoisotopic (exact) mass is 538 g/mol. The third-order valence-corrected chi connectivity index (χ3v) is 6.68. The van der Waals surface area contributed by atoms with E-state index in [-0.39, 0.29) is 36.9 Å². The number of aromatic nitrogens is 2. The molecule has 0 radical (unpaired) electrons. The predicted molar refractivity (Wildman–Crippen MR) is 135 cm³/mol. The first kappa shape index (κ1) is 27.9. The van der Waals surface area contributed by atoms with E-state index in [2.05, 4.69) is 15.3 Å². The van der Waals surface area contributed by atoms with Crippen molar-refractivity contribution < 1.29 is 27.1 Å². The number of nitrogens with two attached hydrogens (primary N) is 1. The molecule has 2 fully saturated rings. The van der Waals surface area contributed by atoms with Crippen molar-refractivity contribution in [3.05, 3.63) is 47.5 Å². The van der Waals surface area contributed by atoms with Crippen LogP contribution in [0.1, 0.15) is 57.6 Å². The lowest BCUT2D eigenvalue weighted by molar-refractivity contribution is -0.137. The molecule has 0 unspecified atom stereocenters. The van der Waals surface area contributed by atoms with Gasteiger partial charge in [0.15, 0.2) is 11.6 Å². The largest absolute Gasteiger partial charge is 0.444 e. The summed E-state index contributed by atoms with van der Waals surface area (Å²) >= 11 is 0. The Hall–Kier alpha value is -3.15. The number of nitrogens with one attached hydrogen (secondary N) is 1. The molecule has 3 N–H and O–H groups in total. The van der Waals surface area contributed by atoms with Gasteiger partial charge >= 0.3 is 12.3 Å². The lowest BCUT2D eigenvalue weighted by Crippen LogP contribution is -2.56. The van der Waals surface area contributed by atoms with Crippen LogP contribution in [-0.2, 0) is 17.5 Å². The third-order valence-electron chi connectivity index (χ3n) is 6.68. The molecule has 1 aromatic carbocycles. The van der Waals surface area contributed by atoms with Crippen molar-refractivity contribution in [2.45, 2.75) is 76.4 Å².